The van der Waals surface area contributed by atoms with Crippen LogP contribution in [0.25, 0.3) is 0 Å². The molecule has 4 nitrogen and oxygen atoms in total. The maximum absolute atomic E-state index is 10.4. The minimum Gasteiger partial charge on any atom is -0.748 e. The van der Waals surface area contributed by atoms with E-state index in [1.54, 1.807) is 0 Å². The summed E-state index contributed by atoms with van der Waals surface area (Å²) in [6.45, 7) is 3.56. The summed E-state index contributed by atoms with van der Waals surface area (Å²) in [5.41, 5.74) is 0. The molecule has 0 atom stereocenters. The van der Waals surface area contributed by atoms with Crippen molar-refractivity contribution in [1.82, 2.24) is 0 Å². The van der Waals surface area contributed by atoms with Crippen LogP contribution in [0, 0.1) is 0 Å². The Morgan fingerprint density at radius 3 is 1.62 bits per heavy atom. The molecule has 0 saturated carbocycles. The number of ether oxygens (including phenoxy) is 1. The molecule has 0 N–H and O–H groups in total. The number of rotatable bonds is 16. The molecule has 0 aromatic carbocycles. The summed E-state index contributed by atoms with van der Waals surface area (Å²) < 4.78 is 36.5. The van der Waals surface area contributed by atoms with Crippen LogP contribution in [0.2, 0.25) is 0 Å². The second-order valence-electron chi connectivity index (χ2n) is 5.76. The highest BCUT2D eigenvalue weighted by Gasteiger charge is 1.96. The van der Waals surface area contributed by atoms with E-state index in [1.165, 1.54) is 57.8 Å². The van der Waals surface area contributed by atoms with E-state index in [2.05, 4.69) is 6.92 Å². The highest BCUT2D eigenvalue weighted by Crippen LogP contribution is 2.10. The maximum Gasteiger partial charge on any atom is 0.0945 e. The molecule has 0 spiro atoms. The zero-order valence-electron chi connectivity index (χ0n) is 13.6. The first-order chi connectivity index (χ1) is 10.1. The van der Waals surface area contributed by atoms with Gasteiger partial charge in [0.25, 0.3) is 0 Å². The Balaban J connectivity index is 3.03. The molecule has 128 valence electrons. The third-order valence-electron chi connectivity index (χ3n) is 3.58. The van der Waals surface area contributed by atoms with Crippen LogP contribution in [0.15, 0.2) is 0 Å². The fraction of sp³-hybridized carbons (Fsp3) is 1.00. The standard InChI is InChI=1S/C16H34O4S/c1-2-3-4-5-6-7-8-9-10-11-14-20-15-12-13-16-21(17,18)19/h2-16H2,1H3,(H,17,18,19)/p-1. The Bertz CT molecular complexity index is 301. The maximum atomic E-state index is 10.4. The van der Waals surface area contributed by atoms with Crippen LogP contribution in [-0.2, 0) is 14.9 Å². The van der Waals surface area contributed by atoms with Crippen molar-refractivity contribution in [1.29, 1.82) is 0 Å². The van der Waals surface area contributed by atoms with Gasteiger partial charge in [-0.2, -0.15) is 0 Å². The Hall–Kier alpha value is -0.130. The molecule has 0 aromatic rings. The Morgan fingerprint density at radius 2 is 1.14 bits per heavy atom. The van der Waals surface area contributed by atoms with Crippen LogP contribution in [0.3, 0.4) is 0 Å². The van der Waals surface area contributed by atoms with Crippen LogP contribution in [0.4, 0.5) is 0 Å². The van der Waals surface area contributed by atoms with Crippen molar-refractivity contribution >= 4 is 10.1 Å². The molecule has 0 radical (unpaired) electrons. The summed E-state index contributed by atoms with van der Waals surface area (Å²) in [6.07, 6.45) is 14.1. The number of hydrogen-bond acceptors (Lipinski definition) is 4. The lowest BCUT2D eigenvalue weighted by Gasteiger charge is -2.07. The van der Waals surface area contributed by atoms with Gasteiger partial charge in [0.05, 0.1) is 10.1 Å². The fourth-order valence-corrected chi connectivity index (χ4v) is 2.83. The summed E-state index contributed by atoms with van der Waals surface area (Å²) >= 11 is 0. The zero-order chi connectivity index (χ0) is 15.8. The SMILES string of the molecule is CCCCCCCCCCCCOCCCCS(=O)(=O)[O-]. The molecule has 0 unspecified atom stereocenters. The third kappa shape index (κ3) is 19.9. The van der Waals surface area contributed by atoms with Gasteiger partial charge in [-0.05, 0) is 19.3 Å². The van der Waals surface area contributed by atoms with Crippen LogP contribution < -0.4 is 0 Å². The molecule has 0 rings (SSSR count). The van der Waals surface area contributed by atoms with Crippen LogP contribution >= 0.6 is 0 Å². The molecule has 0 amide bonds. The zero-order valence-corrected chi connectivity index (χ0v) is 14.5. The lowest BCUT2D eigenvalue weighted by Crippen LogP contribution is -2.06. The van der Waals surface area contributed by atoms with Gasteiger partial charge >= 0.3 is 0 Å². The Kier molecular flexibility index (Phi) is 14.7. The van der Waals surface area contributed by atoms with E-state index in [1.807, 2.05) is 0 Å². The molecule has 0 aliphatic carbocycles. The lowest BCUT2D eigenvalue weighted by molar-refractivity contribution is 0.127. The molecule has 0 aromatic heterocycles. The predicted molar refractivity (Wildman–Crippen MR) is 86.5 cm³/mol. The van der Waals surface area contributed by atoms with Crippen molar-refractivity contribution < 1.29 is 17.7 Å². The van der Waals surface area contributed by atoms with Gasteiger partial charge < -0.3 is 9.29 Å². The smallest absolute Gasteiger partial charge is 0.0945 e. The Morgan fingerprint density at radius 1 is 0.714 bits per heavy atom. The highest BCUT2D eigenvalue weighted by molar-refractivity contribution is 7.85. The van der Waals surface area contributed by atoms with Crippen LogP contribution in [0.5, 0.6) is 0 Å². The molecule has 0 saturated heterocycles. The first kappa shape index (κ1) is 20.9. The lowest BCUT2D eigenvalue weighted by atomic mass is 10.1. The summed E-state index contributed by atoms with van der Waals surface area (Å²) in [5, 5.41) is 0. The number of unbranched alkanes of at least 4 members (excludes halogenated alkanes) is 10. The quantitative estimate of drug-likeness (QED) is 0.315. The van der Waals surface area contributed by atoms with E-state index >= 15 is 0 Å². The summed E-state index contributed by atoms with van der Waals surface area (Å²) in [7, 11) is -4.05. The first-order valence-electron chi connectivity index (χ1n) is 8.57. The van der Waals surface area contributed by atoms with Gasteiger partial charge in [-0.3, -0.25) is 0 Å². The monoisotopic (exact) mass is 321 g/mol. The molecule has 5 heteroatoms. The molecule has 0 heterocycles. The van der Waals surface area contributed by atoms with Gasteiger partial charge in [0, 0.05) is 19.0 Å². The summed E-state index contributed by atoms with van der Waals surface area (Å²) in [6, 6.07) is 0. The Labute approximate surface area is 131 Å². The second-order valence-corrected chi connectivity index (χ2v) is 7.29. The average molecular weight is 322 g/mol. The topological polar surface area (TPSA) is 66.4 Å². The van der Waals surface area contributed by atoms with Crippen LogP contribution in [-0.4, -0.2) is 31.9 Å². The predicted octanol–water partition coefficient (Wildman–Crippen LogP) is 4.25. The molecule has 0 aliphatic heterocycles. The van der Waals surface area contributed by atoms with E-state index in [0.717, 1.165) is 13.0 Å². The van der Waals surface area contributed by atoms with Gasteiger partial charge in [0.15, 0.2) is 0 Å². The molecule has 0 aliphatic rings. The van der Waals surface area contributed by atoms with E-state index in [0.29, 0.717) is 19.4 Å². The van der Waals surface area contributed by atoms with Crippen LogP contribution in [0.1, 0.15) is 84.0 Å². The van der Waals surface area contributed by atoms with Gasteiger partial charge in [0.1, 0.15) is 0 Å². The normalized spacial score (nSPS) is 11.9. The van der Waals surface area contributed by atoms with Crippen molar-refractivity contribution in [3.63, 3.8) is 0 Å². The number of hydrogen-bond donors (Lipinski definition) is 0. The molecule has 0 bridgehead atoms. The van der Waals surface area contributed by atoms with Gasteiger partial charge in [-0.25, -0.2) is 8.42 Å². The van der Waals surface area contributed by atoms with Crippen molar-refractivity contribution in [3.05, 3.63) is 0 Å². The van der Waals surface area contributed by atoms with E-state index in [-0.39, 0.29) is 5.75 Å². The molecular formula is C16H33O4S-. The van der Waals surface area contributed by atoms with Crippen molar-refractivity contribution in [3.8, 4) is 0 Å². The van der Waals surface area contributed by atoms with Crippen molar-refractivity contribution in [2.75, 3.05) is 19.0 Å². The van der Waals surface area contributed by atoms with E-state index < -0.39 is 10.1 Å². The minimum atomic E-state index is -4.05. The second kappa shape index (κ2) is 14.8. The molecular weight excluding hydrogens is 288 g/mol. The highest BCUT2D eigenvalue weighted by atomic mass is 32.2. The van der Waals surface area contributed by atoms with Gasteiger partial charge in [-0.15, -0.1) is 0 Å². The molecule has 21 heavy (non-hydrogen) atoms. The van der Waals surface area contributed by atoms with Crippen molar-refractivity contribution in [2.45, 2.75) is 84.0 Å². The van der Waals surface area contributed by atoms with E-state index in [9.17, 15) is 13.0 Å². The largest absolute Gasteiger partial charge is 0.748 e. The summed E-state index contributed by atoms with van der Waals surface area (Å²) in [4.78, 5) is 0. The first-order valence-corrected chi connectivity index (χ1v) is 10.2. The van der Waals surface area contributed by atoms with Crippen molar-refractivity contribution in [2.24, 2.45) is 0 Å². The minimum absolute atomic E-state index is 0.269. The third-order valence-corrected chi connectivity index (χ3v) is 4.36. The molecule has 0 fully saturated rings. The van der Waals surface area contributed by atoms with Gasteiger partial charge in [-0.1, -0.05) is 64.7 Å². The van der Waals surface area contributed by atoms with E-state index in [4.69, 9.17) is 4.74 Å². The average Bonchev–Trinajstić information content (AvgIpc) is 2.42. The fourth-order valence-electron chi connectivity index (χ4n) is 2.28. The van der Waals surface area contributed by atoms with Gasteiger partial charge in [0.2, 0.25) is 0 Å². The summed E-state index contributed by atoms with van der Waals surface area (Å²) in [5.74, 6) is -0.269.